The molecule has 0 saturated carbocycles. The zero-order valence-electron chi connectivity index (χ0n) is 7.82. The van der Waals surface area contributed by atoms with Crippen molar-refractivity contribution < 1.29 is 0 Å². The highest BCUT2D eigenvalue weighted by molar-refractivity contribution is 5.46. The molecule has 0 aromatic heterocycles. The maximum atomic E-state index is 5.65. The van der Waals surface area contributed by atoms with Crippen LogP contribution in [0.1, 0.15) is 6.42 Å². The van der Waals surface area contributed by atoms with E-state index in [1.54, 1.807) is 0 Å². The van der Waals surface area contributed by atoms with Crippen LogP contribution in [-0.2, 0) is 0 Å². The summed E-state index contributed by atoms with van der Waals surface area (Å²) in [7, 11) is 0. The number of rotatable bonds is 2. The molecule has 0 spiro atoms. The van der Waals surface area contributed by atoms with Gasteiger partial charge in [0.15, 0.2) is 0 Å². The Labute approximate surface area is 79.4 Å². The molecule has 1 aliphatic rings. The molecule has 13 heavy (non-hydrogen) atoms. The van der Waals surface area contributed by atoms with Crippen LogP contribution in [0.4, 0.5) is 5.69 Å². The van der Waals surface area contributed by atoms with Crippen LogP contribution in [0, 0.1) is 5.92 Å². The Bertz CT molecular complexity index is 258. The van der Waals surface area contributed by atoms with Gasteiger partial charge in [-0.3, -0.25) is 0 Å². The molecule has 70 valence electrons. The van der Waals surface area contributed by atoms with Crippen molar-refractivity contribution >= 4 is 5.69 Å². The Morgan fingerprint density at radius 3 is 2.69 bits per heavy atom. The molecule has 2 nitrogen and oxygen atoms in total. The van der Waals surface area contributed by atoms with Gasteiger partial charge in [-0.25, -0.2) is 0 Å². The van der Waals surface area contributed by atoms with E-state index < -0.39 is 0 Å². The number of para-hydroxylation sites is 1. The van der Waals surface area contributed by atoms with Gasteiger partial charge in [0.2, 0.25) is 0 Å². The Balaban J connectivity index is 2.04. The molecule has 0 bridgehead atoms. The number of nitrogens with zero attached hydrogens (tertiary/aromatic N) is 1. The third-order valence-corrected chi connectivity index (χ3v) is 2.74. The molecule has 1 unspecified atom stereocenters. The largest absolute Gasteiger partial charge is 0.371 e. The minimum Gasteiger partial charge on any atom is -0.371 e. The lowest BCUT2D eigenvalue weighted by Gasteiger charge is -2.17. The maximum absolute atomic E-state index is 5.65. The van der Waals surface area contributed by atoms with Crippen molar-refractivity contribution in [3.05, 3.63) is 30.3 Å². The predicted molar refractivity (Wildman–Crippen MR) is 55.8 cm³/mol. The fourth-order valence-electron chi connectivity index (χ4n) is 1.90. The van der Waals surface area contributed by atoms with E-state index in [0.717, 1.165) is 19.6 Å². The lowest BCUT2D eigenvalue weighted by atomic mass is 10.1. The van der Waals surface area contributed by atoms with Crippen LogP contribution in [0.25, 0.3) is 0 Å². The summed E-state index contributed by atoms with van der Waals surface area (Å²) in [6.45, 7) is 3.11. The molecular weight excluding hydrogens is 160 g/mol. The Kier molecular flexibility index (Phi) is 2.50. The van der Waals surface area contributed by atoms with Crippen LogP contribution in [0.5, 0.6) is 0 Å². The molecule has 2 rings (SSSR count). The van der Waals surface area contributed by atoms with Crippen LogP contribution < -0.4 is 10.6 Å². The molecule has 1 aromatic rings. The van der Waals surface area contributed by atoms with Crippen molar-refractivity contribution in [2.24, 2.45) is 11.7 Å². The molecule has 0 amide bonds. The molecule has 1 atom stereocenters. The topological polar surface area (TPSA) is 29.3 Å². The first kappa shape index (κ1) is 8.57. The first-order chi connectivity index (χ1) is 6.40. The molecule has 2 heteroatoms. The Hall–Kier alpha value is -1.02. The molecule has 1 aliphatic heterocycles. The van der Waals surface area contributed by atoms with E-state index in [-0.39, 0.29) is 0 Å². The average Bonchev–Trinajstić information content (AvgIpc) is 2.67. The summed E-state index contributed by atoms with van der Waals surface area (Å²) in [6.07, 6.45) is 1.24. The predicted octanol–water partition coefficient (Wildman–Crippen LogP) is 1.47. The van der Waals surface area contributed by atoms with Crippen molar-refractivity contribution in [3.63, 3.8) is 0 Å². The van der Waals surface area contributed by atoms with Crippen molar-refractivity contribution in [2.45, 2.75) is 6.42 Å². The fraction of sp³-hybridized carbons (Fsp3) is 0.455. The lowest BCUT2D eigenvalue weighted by molar-refractivity contribution is 0.602. The van der Waals surface area contributed by atoms with Crippen LogP contribution in [0.15, 0.2) is 30.3 Å². The summed E-state index contributed by atoms with van der Waals surface area (Å²) < 4.78 is 0. The normalized spacial score (nSPS) is 22.2. The van der Waals surface area contributed by atoms with E-state index in [1.807, 2.05) is 0 Å². The third-order valence-electron chi connectivity index (χ3n) is 2.74. The van der Waals surface area contributed by atoms with Gasteiger partial charge < -0.3 is 10.6 Å². The molecule has 0 radical (unpaired) electrons. The van der Waals surface area contributed by atoms with Crippen molar-refractivity contribution in [2.75, 3.05) is 24.5 Å². The summed E-state index contributed by atoms with van der Waals surface area (Å²) in [4.78, 5) is 2.41. The van der Waals surface area contributed by atoms with Gasteiger partial charge in [-0.05, 0) is 31.0 Å². The quantitative estimate of drug-likeness (QED) is 0.739. The minimum absolute atomic E-state index is 0.695. The molecule has 0 aliphatic carbocycles. The second-order valence-corrected chi connectivity index (χ2v) is 3.67. The Morgan fingerprint density at radius 2 is 2.08 bits per heavy atom. The van der Waals surface area contributed by atoms with Crippen LogP contribution in [-0.4, -0.2) is 19.6 Å². The summed E-state index contributed by atoms with van der Waals surface area (Å²) in [6, 6.07) is 10.6. The number of benzene rings is 1. The lowest BCUT2D eigenvalue weighted by Crippen LogP contribution is -2.22. The number of nitrogens with two attached hydrogens (primary N) is 1. The highest BCUT2D eigenvalue weighted by Gasteiger charge is 2.20. The standard InChI is InChI=1S/C11H16N2/c12-8-10-6-7-13(9-10)11-4-2-1-3-5-11/h1-5,10H,6-9,12H2. The highest BCUT2D eigenvalue weighted by atomic mass is 15.2. The maximum Gasteiger partial charge on any atom is 0.0366 e. The van der Waals surface area contributed by atoms with Crippen molar-refractivity contribution in [1.82, 2.24) is 0 Å². The van der Waals surface area contributed by atoms with E-state index in [2.05, 4.69) is 35.2 Å². The van der Waals surface area contributed by atoms with Gasteiger partial charge in [0.1, 0.15) is 0 Å². The highest BCUT2D eigenvalue weighted by Crippen LogP contribution is 2.22. The summed E-state index contributed by atoms with van der Waals surface area (Å²) >= 11 is 0. The first-order valence-electron chi connectivity index (χ1n) is 4.90. The second-order valence-electron chi connectivity index (χ2n) is 3.67. The van der Waals surface area contributed by atoms with Crippen molar-refractivity contribution in [3.8, 4) is 0 Å². The number of anilines is 1. The summed E-state index contributed by atoms with van der Waals surface area (Å²) in [5, 5.41) is 0. The summed E-state index contributed by atoms with van der Waals surface area (Å²) in [5.74, 6) is 0.695. The zero-order chi connectivity index (χ0) is 9.10. The van der Waals surface area contributed by atoms with Crippen molar-refractivity contribution in [1.29, 1.82) is 0 Å². The van der Waals surface area contributed by atoms with E-state index in [1.165, 1.54) is 12.1 Å². The van der Waals surface area contributed by atoms with Gasteiger partial charge in [0.25, 0.3) is 0 Å². The molecule has 1 aromatic carbocycles. The van der Waals surface area contributed by atoms with E-state index in [0.29, 0.717) is 5.92 Å². The third kappa shape index (κ3) is 1.83. The van der Waals surface area contributed by atoms with Gasteiger partial charge in [-0.1, -0.05) is 18.2 Å². The van der Waals surface area contributed by atoms with Crippen LogP contribution in [0.2, 0.25) is 0 Å². The second kappa shape index (κ2) is 3.79. The molecule has 1 saturated heterocycles. The monoisotopic (exact) mass is 176 g/mol. The number of hydrogen-bond acceptors (Lipinski definition) is 2. The van der Waals surface area contributed by atoms with E-state index >= 15 is 0 Å². The zero-order valence-corrected chi connectivity index (χ0v) is 7.82. The van der Waals surface area contributed by atoms with E-state index in [9.17, 15) is 0 Å². The Morgan fingerprint density at radius 1 is 1.31 bits per heavy atom. The fourth-order valence-corrected chi connectivity index (χ4v) is 1.90. The van der Waals surface area contributed by atoms with Crippen LogP contribution in [0.3, 0.4) is 0 Å². The average molecular weight is 176 g/mol. The molecule has 1 heterocycles. The summed E-state index contributed by atoms with van der Waals surface area (Å²) in [5.41, 5.74) is 6.98. The SMILES string of the molecule is NCC1CCN(c2ccccc2)C1. The molecule has 1 fully saturated rings. The number of hydrogen-bond donors (Lipinski definition) is 1. The van der Waals surface area contributed by atoms with Crippen LogP contribution >= 0.6 is 0 Å². The van der Waals surface area contributed by atoms with Gasteiger partial charge in [0, 0.05) is 18.8 Å². The van der Waals surface area contributed by atoms with Gasteiger partial charge in [0.05, 0.1) is 0 Å². The minimum atomic E-state index is 0.695. The van der Waals surface area contributed by atoms with Gasteiger partial charge >= 0.3 is 0 Å². The first-order valence-corrected chi connectivity index (χ1v) is 4.90. The van der Waals surface area contributed by atoms with E-state index in [4.69, 9.17) is 5.73 Å². The molecular formula is C11H16N2. The van der Waals surface area contributed by atoms with Gasteiger partial charge in [-0.15, -0.1) is 0 Å². The van der Waals surface area contributed by atoms with Gasteiger partial charge in [-0.2, -0.15) is 0 Å². The smallest absolute Gasteiger partial charge is 0.0366 e. The molecule has 2 N–H and O–H groups in total.